The molecule has 1 aromatic heterocycles. The predicted molar refractivity (Wildman–Crippen MR) is 104 cm³/mol. The average Bonchev–Trinajstić information content (AvgIpc) is 3.13. The molecule has 7 heteroatoms. The largest absolute Gasteiger partial charge is 0.497 e. The molecule has 0 aliphatic rings. The summed E-state index contributed by atoms with van der Waals surface area (Å²) in [6.45, 7) is 2.01. The van der Waals surface area contributed by atoms with Crippen LogP contribution in [0.15, 0.2) is 54.6 Å². The first-order chi connectivity index (χ1) is 13.1. The molecule has 3 aromatic rings. The molecule has 0 aliphatic carbocycles. The second-order valence-corrected chi connectivity index (χ2v) is 6.46. The van der Waals surface area contributed by atoms with Gasteiger partial charge in [0.1, 0.15) is 10.6 Å². The third kappa shape index (κ3) is 4.32. The molecule has 138 valence electrons. The Labute approximate surface area is 160 Å². The SMILES string of the molecule is CCOC(=O)c1sc(NC(=O)c2ccc(OC)cc2)nc1-c1ccccc1. The summed E-state index contributed by atoms with van der Waals surface area (Å²) >= 11 is 1.09. The summed E-state index contributed by atoms with van der Waals surface area (Å²) in [5.74, 6) is -0.114. The molecule has 0 saturated heterocycles. The van der Waals surface area contributed by atoms with E-state index in [0.29, 0.717) is 27.0 Å². The number of anilines is 1. The number of amides is 1. The van der Waals surface area contributed by atoms with E-state index in [2.05, 4.69) is 10.3 Å². The summed E-state index contributed by atoms with van der Waals surface area (Å²) in [5.41, 5.74) is 1.73. The van der Waals surface area contributed by atoms with Crippen LogP contribution in [0.25, 0.3) is 11.3 Å². The maximum Gasteiger partial charge on any atom is 0.350 e. The molecule has 0 bridgehead atoms. The highest BCUT2D eigenvalue weighted by atomic mass is 32.1. The van der Waals surface area contributed by atoms with Crippen molar-refractivity contribution in [1.82, 2.24) is 4.98 Å². The number of nitrogens with one attached hydrogen (secondary N) is 1. The minimum absolute atomic E-state index is 0.262. The van der Waals surface area contributed by atoms with Crippen molar-refractivity contribution in [2.45, 2.75) is 6.92 Å². The number of esters is 1. The van der Waals surface area contributed by atoms with Gasteiger partial charge in [0.15, 0.2) is 5.13 Å². The standard InChI is InChI=1S/C20H18N2O4S/c1-3-26-19(24)17-16(13-7-5-4-6-8-13)21-20(27-17)22-18(23)14-9-11-15(25-2)12-10-14/h4-12H,3H2,1-2H3,(H,21,22,23). The smallest absolute Gasteiger partial charge is 0.350 e. The fourth-order valence-electron chi connectivity index (χ4n) is 2.41. The molecular formula is C20H18N2O4S. The van der Waals surface area contributed by atoms with Crippen LogP contribution in [-0.4, -0.2) is 30.6 Å². The van der Waals surface area contributed by atoms with Gasteiger partial charge in [-0.25, -0.2) is 9.78 Å². The molecule has 0 spiro atoms. The van der Waals surface area contributed by atoms with E-state index in [9.17, 15) is 9.59 Å². The monoisotopic (exact) mass is 382 g/mol. The highest BCUT2D eigenvalue weighted by molar-refractivity contribution is 7.18. The van der Waals surface area contributed by atoms with Crippen molar-refractivity contribution in [2.24, 2.45) is 0 Å². The first-order valence-corrected chi connectivity index (χ1v) is 9.12. The van der Waals surface area contributed by atoms with Crippen LogP contribution in [-0.2, 0) is 4.74 Å². The summed E-state index contributed by atoms with van der Waals surface area (Å²) < 4.78 is 10.2. The zero-order chi connectivity index (χ0) is 19.2. The minimum Gasteiger partial charge on any atom is -0.497 e. The Kier molecular flexibility index (Phi) is 5.83. The lowest BCUT2D eigenvalue weighted by Gasteiger charge is -2.03. The fourth-order valence-corrected chi connectivity index (χ4v) is 3.29. The number of methoxy groups -OCH3 is 1. The van der Waals surface area contributed by atoms with Gasteiger partial charge in [-0.3, -0.25) is 10.1 Å². The van der Waals surface area contributed by atoms with E-state index in [1.165, 1.54) is 0 Å². The van der Waals surface area contributed by atoms with Gasteiger partial charge in [0.2, 0.25) is 0 Å². The minimum atomic E-state index is -0.459. The highest BCUT2D eigenvalue weighted by Crippen LogP contribution is 2.32. The molecule has 6 nitrogen and oxygen atoms in total. The van der Waals surface area contributed by atoms with E-state index in [1.807, 2.05) is 30.3 Å². The maximum atomic E-state index is 12.5. The Morgan fingerprint density at radius 2 is 1.78 bits per heavy atom. The van der Waals surface area contributed by atoms with E-state index >= 15 is 0 Å². The number of aromatic nitrogens is 1. The van der Waals surface area contributed by atoms with Crippen molar-refractivity contribution in [2.75, 3.05) is 19.0 Å². The van der Waals surface area contributed by atoms with Gasteiger partial charge >= 0.3 is 5.97 Å². The van der Waals surface area contributed by atoms with Crippen molar-refractivity contribution in [3.05, 3.63) is 65.0 Å². The summed E-state index contributed by atoms with van der Waals surface area (Å²) in [6, 6.07) is 16.0. The number of benzene rings is 2. The van der Waals surface area contributed by atoms with Crippen LogP contribution >= 0.6 is 11.3 Å². The lowest BCUT2D eigenvalue weighted by Crippen LogP contribution is -2.11. The lowest BCUT2D eigenvalue weighted by molar-refractivity contribution is 0.0532. The van der Waals surface area contributed by atoms with Gasteiger partial charge < -0.3 is 9.47 Å². The lowest BCUT2D eigenvalue weighted by atomic mass is 10.1. The molecule has 0 aliphatic heterocycles. The number of nitrogens with zero attached hydrogens (tertiary/aromatic N) is 1. The Hall–Kier alpha value is -3.19. The van der Waals surface area contributed by atoms with Crippen LogP contribution in [0.5, 0.6) is 5.75 Å². The predicted octanol–water partition coefficient (Wildman–Crippen LogP) is 4.25. The molecule has 0 atom stereocenters. The van der Waals surface area contributed by atoms with Gasteiger partial charge in [-0.1, -0.05) is 41.7 Å². The average molecular weight is 382 g/mol. The van der Waals surface area contributed by atoms with Gasteiger partial charge in [0.25, 0.3) is 5.91 Å². The molecule has 1 amide bonds. The van der Waals surface area contributed by atoms with Crippen LogP contribution in [0.1, 0.15) is 27.0 Å². The van der Waals surface area contributed by atoms with Crippen molar-refractivity contribution in [3.8, 4) is 17.0 Å². The van der Waals surface area contributed by atoms with Gasteiger partial charge in [0, 0.05) is 11.1 Å². The first kappa shape index (κ1) is 18.6. The molecule has 0 fully saturated rings. The van der Waals surface area contributed by atoms with E-state index in [-0.39, 0.29) is 12.5 Å². The molecule has 0 saturated carbocycles. The Morgan fingerprint density at radius 3 is 2.41 bits per heavy atom. The zero-order valence-corrected chi connectivity index (χ0v) is 15.7. The zero-order valence-electron chi connectivity index (χ0n) is 14.9. The topological polar surface area (TPSA) is 77.5 Å². The van der Waals surface area contributed by atoms with Crippen LogP contribution in [0.3, 0.4) is 0 Å². The normalized spacial score (nSPS) is 10.3. The number of ether oxygens (including phenoxy) is 2. The molecule has 2 aromatic carbocycles. The molecule has 3 rings (SSSR count). The molecular weight excluding hydrogens is 364 g/mol. The van der Waals surface area contributed by atoms with Crippen molar-refractivity contribution < 1.29 is 19.1 Å². The molecule has 27 heavy (non-hydrogen) atoms. The van der Waals surface area contributed by atoms with E-state index in [1.54, 1.807) is 38.3 Å². The first-order valence-electron chi connectivity index (χ1n) is 8.31. The Balaban J connectivity index is 1.89. The third-order valence-electron chi connectivity index (χ3n) is 3.71. The number of thiazole rings is 1. The summed E-state index contributed by atoms with van der Waals surface area (Å²) in [6.07, 6.45) is 0. The third-order valence-corrected chi connectivity index (χ3v) is 4.66. The second-order valence-electron chi connectivity index (χ2n) is 5.47. The van der Waals surface area contributed by atoms with Crippen molar-refractivity contribution in [3.63, 3.8) is 0 Å². The van der Waals surface area contributed by atoms with E-state index in [0.717, 1.165) is 16.9 Å². The summed E-state index contributed by atoms with van der Waals surface area (Å²) in [4.78, 5) is 29.6. The number of carbonyl (C=O) groups excluding carboxylic acids is 2. The number of hydrogen-bond acceptors (Lipinski definition) is 6. The fraction of sp³-hybridized carbons (Fsp3) is 0.150. The number of rotatable bonds is 6. The quantitative estimate of drug-likeness (QED) is 0.645. The van der Waals surface area contributed by atoms with Crippen LogP contribution < -0.4 is 10.1 Å². The Bertz CT molecular complexity index is 936. The van der Waals surface area contributed by atoms with Crippen LogP contribution in [0.4, 0.5) is 5.13 Å². The maximum absolute atomic E-state index is 12.5. The highest BCUT2D eigenvalue weighted by Gasteiger charge is 2.21. The molecule has 0 unspecified atom stereocenters. The van der Waals surface area contributed by atoms with Crippen molar-refractivity contribution in [1.29, 1.82) is 0 Å². The Morgan fingerprint density at radius 1 is 1.07 bits per heavy atom. The van der Waals surface area contributed by atoms with Crippen molar-refractivity contribution >= 4 is 28.3 Å². The number of hydrogen-bond donors (Lipinski definition) is 1. The molecule has 1 N–H and O–H groups in total. The van der Waals surface area contributed by atoms with E-state index < -0.39 is 5.97 Å². The summed E-state index contributed by atoms with van der Waals surface area (Å²) in [7, 11) is 1.56. The van der Waals surface area contributed by atoms with Gasteiger partial charge in [0.05, 0.1) is 19.4 Å². The second kappa shape index (κ2) is 8.46. The van der Waals surface area contributed by atoms with Crippen LogP contribution in [0, 0.1) is 0 Å². The summed E-state index contributed by atoms with van der Waals surface area (Å²) in [5, 5.41) is 3.07. The van der Waals surface area contributed by atoms with E-state index in [4.69, 9.17) is 9.47 Å². The van der Waals surface area contributed by atoms with Gasteiger partial charge in [-0.15, -0.1) is 0 Å². The molecule has 1 heterocycles. The number of carbonyl (C=O) groups is 2. The van der Waals surface area contributed by atoms with Gasteiger partial charge in [-0.05, 0) is 31.2 Å². The molecule has 0 radical (unpaired) electrons. The van der Waals surface area contributed by atoms with Crippen LogP contribution in [0.2, 0.25) is 0 Å². The van der Waals surface area contributed by atoms with Gasteiger partial charge in [-0.2, -0.15) is 0 Å².